The Hall–Kier alpha value is -3.79. The van der Waals surface area contributed by atoms with Crippen LogP contribution in [0.4, 0.5) is 17.1 Å². The maximum absolute atomic E-state index is 12.4. The Kier molecular flexibility index (Phi) is 4.35. The Bertz CT molecular complexity index is 972. The topological polar surface area (TPSA) is 103 Å². The number of amides is 1. The van der Waals surface area contributed by atoms with Gasteiger partial charge in [0.2, 0.25) is 0 Å². The van der Waals surface area contributed by atoms with Crippen LogP contribution < -0.4 is 10.6 Å². The lowest BCUT2D eigenvalue weighted by Gasteiger charge is -2.09. The highest BCUT2D eigenvalue weighted by molar-refractivity contribution is 6.05. The minimum atomic E-state index is -0.389. The van der Waals surface area contributed by atoms with Crippen molar-refractivity contribution < 1.29 is 9.90 Å². The van der Waals surface area contributed by atoms with Gasteiger partial charge in [-0.2, -0.15) is 10.4 Å². The number of anilines is 3. The smallest absolute Gasteiger partial charge is 0.255 e. The summed E-state index contributed by atoms with van der Waals surface area (Å²) >= 11 is 0. The molecular weight excluding hydrogens is 318 g/mol. The van der Waals surface area contributed by atoms with Crippen LogP contribution in [-0.4, -0.2) is 20.8 Å². The molecule has 3 aromatic rings. The highest BCUT2D eigenvalue weighted by Crippen LogP contribution is 2.25. The van der Waals surface area contributed by atoms with E-state index in [1.807, 2.05) is 25.4 Å². The molecule has 0 saturated carbocycles. The third-order valence-electron chi connectivity index (χ3n) is 3.49. The van der Waals surface area contributed by atoms with E-state index < -0.39 is 0 Å². The number of aromatic nitrogens is 2. The Balaban J connectivity index is 1.79. The number of carbonyl (C=O) groups excluding carboxylic acids is 1. The molecule has 0 bridgehead atoms. The zero-order chi connectivity index (χ0) is 17.8. The zero-order valence-electron chi connectivity index (χ0n) is 13.4. The van der Waals surface area contributed by atoms with Crippen LogP contribution in [0.25, 0.3) is 0 Å². The number of carbonyl (C=O) groups is 1. The van der Waals surface area contributed by atoms with Gasteiger partial charge in [-0.15, -0.1) is 0 Å². The maximum atomic E-state index is 12.4. The van der Waals surface area contributed by atoms with Crippen molar-refractivity contribution in [2.75, 3.05) is 10.6 Å². The predicted molar refractivity (Wildman–Crippen MR) is 93.7 cm³/mol. The van der Waals surface area contributed by atoms with Gasteiger partial charge in [-0.05, 0) is 36.4 Å². The van der Waals surface area contributed by atoms with E-state index in [1.165, 1.54) is 18.2 Å². The molecule has 1 aromatic heterocycles. The lowest BCUT2D eigenvalue weighted by molar-refractivity contribution is 0.102. The van der Waals surface area contributed by atoms with E-state index in [9.17, 15) is 9.90 Å². The molecule has 0 unspecified atom stereocenters. The summed E-state index contributed by atoms with van der Waals surface area (Å²) in [6, 6.07) is 13.2. The zero-order valence-corrected chi connectivity index (χ0v) is 13.4. The number of aromatic hydroxyl groups is 1. The standard InChI is InChI=1S/C18H15N5O2/c1-23-11-15(10-20-23)21-14-4-2-3-13(8-14)18(25)22-16-7-12(9-19)5-6-17(16)24/h2-8,10-11,21,24H,1H3,(H,22,25). The Morgan fingerprint density at radius 3 is 2.80 bits per heavy atom. The average molecular weight is 333 g/mol. The summed E-state index contributed by atoms with van der Waals surface area (Å²) in [6.07, 6.45) is 3.50. The van der Waals surface area contributed by atoms with Crippen molar-refractivity contribution in [1.82, 2.24) is 9.78 Å². The largest absolute Gasteiger partial charge is 0.506 e. The fourth-order valence-corrected chi connectivity index (χ4v) is 2.29. The summed E-state index contributed by atoms with van der Waals surface area (Å²) in [5.74, 6) is -0.489. The highest BCUT2D eigenvalue weighted by atomic mass is 16.3. The van der Waals surface area contributed by atoms with Gasteiger partial charge in [-0.3, -0.25) is 9.48 Å². The molecule has 3 rings (SSSR count). The van der Waals surface area contributed by atoms with Crippen molar-refractivity contribution in [3.63, 3.8) is 0 Å². The van der Waals surface area contributed by atoms with Gasteiger partial charge < -0.3 is 15.7 Å². The van der Waals surface area contributed by atoms with Gasteiger partial charge in [0.25, 0.3) is 5.91 Å². The Labute approximate surface area is 144 Å². The van der Waals surface area contributed by atoms with E-state index in [1.54, 1.807) is 29.1 Å². The third kappa shape index (κ3) is 3.76. The number of nitrogens with zero attached hydrogens (tertiary/aromatic N) is 3. The lowest BCUT2D eigenvalue weighted by Crippen LogP contribution is -2.12. The number of phenolic OH excluding ortho intramolecular Hbond substituents is 1. The number of phenols is 1. The summed E-state index contributed by atoms with van der Waals surface area (Å²) in [7, 11) is 1.82. The molecule has 1 heterocycles. The normalized spacial score (nSPS) is 10.1. The van der Waals surface area contributed by atoms with Gasteiger partial charge >= 0.3 is 0 Å². The van der Waals surface area contributed by atoms with Crippen molar-refractivity contribution in [3.05, 3.63) is 66.0 Å². The highest BCUT2D eigenvalue weighted by Gasteiger charge is 2.10. The number of aryl methyl sites for hydroxylation is 1. The Morgan fingerprint density at radius 2 is 2.08 bits per heavy atom. The first kappa shape index (κ1) is 16.1. The summed E-state index contributed by atoms with van der Waals surface area (Å²) < 4.78 is 1.67. The van der Waals surface area contributed by atoms with Gasteiger partial charge in [0, 0.05) is 24.5 Å². The molecule has 1 amide bonds. The molecule has 0 aliphatic heterocycles. The molecule has 2 aromatic carbocycles. The van der Waals surface area contributed by atoms with Crippen molar-refractivity contribution in [3.8, 4) is 11.8 Å². The van der Waals surface area contributed by atoms with Crippen LogP contribution >= 0.6 is 0 Å². The van der Waals surface area contributed by atoms with E-state index in [0.29, 0.717) is 11.1 Å². The van der Waals surface area contributed by atoms with Gasteiger partial charge in [-0.1, -0.05) is 6.07 Å². The maximum Gasteiger partial charge on any atom is 0.255 e. The molecule has 7 heteroatoms. The minimum Gasteiger partial charge on any atom is -0.506 e. The van der Waals surface area contributed by atoms with Crippen LogP contribution in [0.1, 0.15) is 15.9 Å². The molecule has 3 N–H and O–H groups in total. The fourth-order valence-electron chi connectivity index (χ4n) is 2.29. The van der Waals surface area contributed by atoms with Gasteiger partial charge in [0.1, 0.15) is 5.75 Å². The van der Waals surface area contributed by atoms with Crippen molar-refractivity contribution >= 4 is 23.0 Å². The summed E-state index contributed by atoms with van der Waals surface area (Å²) in [4.78, 5) is 12.4. The summed E-state index contributed by atoms with van der Waals surface area (Å²) in [5, 5.41) is 28.6. The van der Waals surface area contributed by atoms with E-state index in [4.69, 9.17) is 5.26 Å². The minimum absolute atomic E-state index is 0.100. The Morgan fingerprint density at radius 1 is 1.24 bits per heavy atom. The monoisotopic (exact) mass is 333 g/mol. The van der Waals surface area contributed by atoms with E-state index in [2.05, 4.69) is 15.7 Å². The van der Waals surface area contributed by atoms with Crippen LogP contribution in [-0.2, 0) is 7.05 Å². The number of hydrogen-bond acceptors (Lipinski definition) is 5. The number of benzene rings is 2. The van der Waals surface area contributed by atoms with Gasteiger partial charge in [-0.25, -0.2) is 0 Å². The first-order valence-corrected chi connectivity index (χ1v) is 7.45. The molecule has 0 fully saturated rings. The molecule has 0 saturated heterocycles. The number of hydrogen-bond donors (Lipinski definition) is 3. The first-order chi connectivity index (χ1) is 12.0. The average Bonchev–Trinajstić information content (AvgIpc) is 3.02. The molecule has 25 heavy (non-hydrogen) atoms. The molecule has 0 aliphatic rings. The molecule has 0 aliphatic carbocycles. The second-order valence-electron chi connectivity index (χ2n) is 5.41. The third-order valence-corrected chi connectivity index (χ3v) is 3.49. The second-order valence-corrected chi connectivity index (χ2v) is 5.41. The van der Waals surface area contributed by atoms with Crippen molar-refractivity contribution in [2.45, 2.75) is 0 Å². The molecule has 0 atom stereocenters. The fraction of sp³-hybridized carbons (Fsp3) is 0.0556. The van der Waals surface area contributed by atoms with Crippen LogP contribution in [0.15, 0.2) is 54.9 Å². The van der Waals surface area contributed by atoms with Crippen LogP contribution in [0.3, 0.4) is 0 Å². The molecule has 124 valence electrons. The van der Waals surface area contributed by atoms with Crippen molar-refractivity contribution in [1.29, 1.82) is 5.26 Å². The SMILES string of the molecule is Cn1cc(Nc2cccc(C(=O)Nc3cc(C#N)ccc3O)c2)cn1. The van der Waals surface area contributed by atoms with E-state index in [-0.39, 0.29) is 17.3 Å². The quantitative estimate of drug-likeness (QED) is 0.637. The second kappa shape index (κ2) is 6.76. The molecule has 0 radical (unpaired) electrons. The van der Waals surface area contributed by atoms with Gasteiger partial charge in [0.05, 0.1) is 29.2 Å². The molecular formula is C18H15N5O2. The van der Waals surface area contributed by atoms with Crippen LogP contribution in [0, 0.1) is 11.3 Å². The van der Waals surface area contributed by atoms with Crippen LogP contribution in [0.5, 0.6) is 5.75 Å². The predicted octanol–water partition coefficient (Wildman–Crippen LogP) is 2.99. The number of nitriles is 1. The number of rotatable bonds is 4. The molecule has 7 nitrogen and oxygen atoms in total. The van der Waals surface area contributed by atoms with Crippen LogP contribution in [0.2, 0.25) is 0 Å². The van der Waals surface area contributed by atoms with E-state index in [0.717, 1.165) is 11.4 Å². The van der Waals surface area contributed by atoms with E-state index >= 15 is 0 Å². The van der Waals surface area contributed by atoms with Gasteiger partial charge in [0.15, 0.2) is 0 Å². The number of nitrogens with one attached hydrogen (secondary N) is 2. The van der Waals surface area contributed by atoms with Crippen molar-refractivity contribution in [2.24, 2.45) is 7.05 Å². The molecule has 0 spiro atoms. The first-order valence-electron chi connectivity index (χ1n) is 7.45. The lowest BCUT2D eigenvalue weighted by atomic mass is 10.1. The summed E-state index contributed by atoms with van der Waals surface area (Å²) in [6.45, 7) is 0. The summed E-state index contributed by atoms with van der Waals surface area (Å²) in [5.41, 5.74) is 2.49.